The maximum absolute atomic E-state index is 6.35. The lowest BCUT2D eigenvalue weighted by Crippen LogP contribution is -1.98. The number of furan rings is 1. The first-order chi connectivity index (χ1) is 33.2. The van der Waals surface area contributed by atoms with Gasteiger partial charge in [-0.25, -0.2) is 9.97 Å². The Morgan fingerprint density at radius 2 is 1.01 bits per heavy atom. The minimum absolute atomic E-state index is 0.682. The Hall–Kier alpha value is -9.06. The Balaban J connectivity index is 0.913. The first-order valence-electron chi connectivity index (χ1n) is 22.8. The predicted molar refractivity (Wildman–Crippen MR) is 279 cm³/mol. The first-order valence-corrected chi connectivity index (χ1v) is 22.8. The van der Waals surface area contributed by atoms with Crippen molar-refractivity contribution in [2.75, 3.05) is 0 Å². The van der Waals surface area contributed by atoms with E-state index >= 15 is 0 Å². The van der Waals surface area contributed by atoms with E-state index in [-0.39, 0.29) is 0 Å². The van der Waals surface area contributed by atoms with E-state index in [1.54, 1.807) is 0 Å². The highest BCUT2D eigenvalue weighted by Crippen LogP contribution is 2.42. The zero-order valence-corrected chi connectivity index (χ0v) is 36.0. The zero-order valence-electron chi connectivity index (χ0n) is 36.0. The van der Waals surface area contributed by atoms with Crippen LogP contribution in [0.15, 0.2) is 223 Å². The van der Waals surface area contributed by atoms with E-state index in [2.05, 4.69) is 209 Å². The lowest BCUT2D eigenvalue weighted by Gasteiger charge is -2.15. The van der Waals surface area contributed by atoms with Gasteiger partial charge in [-0.2, -0.15) is 0 Å². The fourth-order valence-electron chi connectivity index (χ4n) is 11.1. The van der Waals surface area contributed by atoms with Gasteiger partial charge in [0.15, 0.2) is 5.82 Å². The molecule has 67 heavy (non-hydrogen) atoms. The van der Waals surface area contributed by atoms with Crippen LogP contribution in [0.3, 0.4) is 0 Å². The molecule has 5 heteroatoms. The van der Waals surface area contributed by atoms with Crippen molar-refractivity contribution in [3.05, 3.63) is 218 Å². The van der Waals surface area contributed by atoms with Gasteiger partial charge in [0.2, 0.25) is 0 Å². The molecule has 5 nitrogen and oxygen atoms in total. The van der Waals surface area contributed by atoms with Crippen molar-refractivity contribution in [3.8, 4) is 34.0 Å². The van der Waals surface area contributed by atoms with Crippen LogP contribution >= 0.6 is 0 Å². The molecule has 4 aromatic heterocycles. The molecule has 0 aliphatic rings. The van der Waals surface area contributed by atoms with Crippen LogP contribution in [0.2, 0.25) is 0 Å². The molecule has 4 heterocycles. The monoisotopic (exact) mass is 852 g/mol. The van der Waals surface area contributed by atoms with Gasteiger partial charge in [0.25, 0.3) is 0 Å². The summed E-state index contributed by atoms with van der Waals surface area (Å²) in [7, 11) is 0. The van der Waals surface area contributed by atoms with E-state index < -0.39 is 0 Å². The highest BCUT2D eigenvalue weighted by atomic mass is 16.3. The number of para-hydroxylation sites is 4. The van der Waals surface area contributed by atoms with Gasteiger partial charge in [0.1, 0.15) is 11.2 Å². The maximum atomic E-state index is 6.35. The Morgan fingerprint density at radius 1 is 0.343 bits per heavy atom. The molecule has 0 bridgehead atoms. The van der Waals surface area contributed by atoms with Crippen LogP contribution in [-0.2, 0) is 0 Å². The fourth-order valence-corrected chi connectivity index (χ4v) is 11.1. The molecule has 0 radical (unpaired) electrons. The van der Waals surface area contributed by atoms with Crippen LogP contribution in [-0.4, -0.2) is 19.1 Å². The second-order valence-electron chi connectivity index (χ2n) is 17.7. The van der Waals surface area contributed by atoms with Gasteiger partial charge in [-0.15, -0.1) is 0 Å². The average molecular weight is 853 g/mol. The van der Waals surface area contributed by atoms with Crippen molar-refractivity contribution in [1.82, 2.24) is 19.1 Å². The molecule has 310 valence electrons. The second kappa shape index (κ2) is 13.7. The maximum Gasteiger partial charge on any atom is 0.161 e. The molecule has 15 aromatic rings. The Bertz CT molecular complexity index is 4590. The van der Waals surface area contributed by atoms with Gasteiger partial charge < -0.3 is 13.6 Å². The standard InChI is InChI=1S/C62H36N4O/c1-2-14-42-37(13-1)28-32-49-45-15-4-8-23-54(45)65(61(42)49)41-30-27-38-35-57-52(34-40(38)33-41)46-16-5-9-24-55(46)66(57)56-25-12-19-43-44(56)20-11-21-50(43)62-63-53-22-7-3-18-51(53)60(64-62)39-29-31-48-47-17-6-10-26-58(47)67-59(48)36-39/h1-36H. The molecule has 0 N–H and O–H groups in total. The van der Waals surface area contributed by atoms with E-state index in [1.807, 2.05) is 18.2 Å². The highest BCUT2D eigenvalue weighted by Gasteiger charge is 2.20. The molecular weight excluding hydrogens is 817 g/mol. The fraction of sp³-hybridized carbons (Fsp3) is 0. The lowest BCUT2D eigenvalue weighted by molar-refractivity contribution is 0.669. The van der Waals surface area contributed by atoms with E-state index in [9.17, 15) is 0 Å². The molecule has 0 aliphatic carbocycles. The third kappa shape index (κ3) is 5.25. The summed E-state index contributed by atoms with van der Waals surface area (Å²) in [6.45, 7) is 0. The third-order valence-electron chi connectivity index (χ3n) is 14.1. The Kier molecular flexibility index (Phi) is 7.44. The van der Waals surface area contributed by atoms with E-state index in [1.165, 1.54) is 54.1 Å². The summed E-state index contributed by atoms with van der Waals surface area (Å²) < 4.78 is 11.2. The summed E-state index contributed by atoms with van der Waals surface area (Å²) in [6, 6.07) is 78.6. The Morgan fingerprint density at radius 3 is 1.91 bits per heavy atom. The molecule has 0 saturated carbocycles. The Labute approximate surface area is 383 Å². The zero-order chi connectivity index (χ0) is 43.7. The van der Waals surface area contributed by atoms with E-state index in [0.717, 1.165) is 82.8 Å². The molecule has 11 aromatic carbocycles. The number of aromatic nitrogens is 4. The minimum atomic E-state index is 0.682. The van der Waals surface area contributed by atoms with Crippen molar-refractivity contribution in [3.63, 3.8) is 0 Å². The van der Waals surface area contributed by atoms with Crippen LogP contribution in [0.5, 0.6) is 0 Å². The minimum Gasteiger partial charge on any atom is -0.456 e. The van der Waals surface area contributed by atoms with Crippen molar-refractivity contribution in [2.45, 2.75) is 0 Å². The van der Waals surface area contributed by atoms with Gasteiger partial charge >= 0.3 is 0 Å². The number of fused-ring (bicyclic) bond motifs is 14. The molecule has 0 fully saturated rings. The number of nitrogens with zero attached hydrogens (tertiary/aromatic N) is 4. The van der Waals surface area contributed by atoms with Crippen LogP contribution in [0, 0.1) is 0 Å². The summed E-state index contributed by atoms with van der Waals surface area (Å²) in [5.74, 6) is 0.682. The van der Waals surface area contributed by atoms with Gasteiger partial charge in [-0.1, -0.05) is 152 Å². The topological polar surface area (TPSA) is 48.8 Å². The third-order valence-corrected chi connectivity index (χ3v) is 14.1. The molecule has 0 amide bonds. The van der Waals surface area contributed by atoms with Crippen molar-refractivity contribution >= 4 is 109 Å². The SMILES string of the molecule is c1ccc2c(c1)ccc1c3ccccc3n(-c3ccc4cc5c(cc4c3)c3ccccc3n5-c3cccc4c(-c5nc(-c6ccc7c(c6)oc6ccccc67)c6ccccc6n5)cccc34)c21. The van der Waals surface area contributed by atoms with Crippen LogP contribution in [0.4, 0.5) is 0 Å². The summed E-state index contributed by atoms with van der Waals surface area (Å²) in [4.78, 5) is 10.6. The lowest BCUT2D eigenvalue weighted by atomic mass is 10.0. The summed E-state index contributed by atoms with van der Waals surface area (Å²) in [5.41, 5.74) is 12.5. The van der Waals surface area contributed by atoms with Gasteiger partial charge in [0, 0.05) is 65.3 Å². The molecular formula is C62H36N4O. The normalized spacial score (nSPS) is 12.2. The molecule has 0 spiro atoms. The predicted octanol–water partition coefficient (Wildman–Crippen LogP) is 16.5. The van der Waals surface area contributed by atoms with Crippen LogP contribution in [0.25, 0.3) is 143 Å². The smallest absolute Gasteiger partial charge is 0.161 e. The number of hydrogen-bond acceptors (Lipinski definition) is 3. The molecule has 15 rings (SSSR count). The van der Waals surface area contributed by atoms with Gasteiger partial charge in [-0.3, -0.25) is 0 Å². The number of hydrogen-bond donors (Lipinski definition) is 0. The van der Waals surface area contributed by atoms with Crippen molar-refractivity contribution in [1.29, 1.82) is 0 Å². The largest absolute Gasteiger partial charge is 0.456 e. The summed E-state index contributed by atoms with van der Waals surface area (Å²) in [5, 5.41) is 15.2. The quantitative estimate of drug-likeness (QED) is 0.177. The summed E-state index contributed by atoms with van der Waals surface area (Å²) in [6.07, 6.45) is 0. The van der Waals surface area contributed by atoms with Crippen LogP contribution in [0.1, 0.15) is 0 Å². The average Bonchev–Trinajstić information content (AvgIpc) is 4.04. The number of benzene rings is 11. The highest BCUT2D eigenvalue weighted by molar-refractivity contribution is 6.19. The number of rotatable bonds is 4. The van der Waals surface area contributed by atoms with Crippen molar-refractivity contribution in [2.24, 2.45) is 0 Å². The second-order valence-corrected chi connectivity index (χ2v) is 17.7. The summed E-state index contributed by atoms with van der Waals surface area (Å²) >= 11 is 0. The van der Waals surface area contributed by atoms with Crippen molar-refractivity contribution < 1.29 is 4.42 Å². The molecule has 0 aliphatic heterocycles. The van der Waals surface area contributed by atoms with E-state index in [4.69, 9.17) is 14.4 Å². The van der Waals surface area contributed by atoms with Gasteiger partial charge in [0.05, 0.1) is 39.0 Å². The van der Waals surface area contributed by atoms with E-state index in [0.29, 0.717) is 5.82 Å². The van der Waals surface area contributed by atoms with Gasteiger partial charge in [-0.05, 0) is 88.3 Å². The first kappa shape index (κ1) is 36.3. The molecule has 0 saturated heterocycles. The van der Waals surface area contributed by atoms with Crippen LogP contribution < -0.4 is 0 Å². The molecule has 0 unspecified atom stereocenters. The molecule has 0 atom stereocenters.